The van der Waals surface area contributed by atoms with Gasteiger partial charge in [0.2, 0.25) is 0 Å². The Hall–Kier alpha value is -0.390. The van der Waals surface area contributed by atoms with Crippen molar-refractivity contribution >= 4 is 45.3 Å². The van der Waals surface area contributed by atoms with Gasteiger partial charge in [0.15, 0.2) is 5.96 Å². The Kier molecular flexibility index (Phi) is 5.21. The summed E-state index contributed by atoms with van der Waals surface area (Å²) in [5, 5.41) is 0.718. The number of benzene rings is 1. The summed E-state index contributed by atoms with van der Waals surface area (Å²) in [7, 11) is 0. The number of nitrogens with two attached hydrogens (primary N) is 1. The Morgan fingerprint density at radius 3 is 2.83 bits per heavy atom. The molecule has 1 aliphatic rings. The lowest BCUT2D eigenvalue weighted by molar-refractivity contribution is 0.455. The number of nitrogens with zero attached hydrogens (tertiary/aromatic N) is 2. The van der Waals surface area contributed by atoms with Crippen molar-refractivity contribution in [1.29, 1.82) is 0 Å². The van der Waals surface area contributed by atoms with E-state index in [1.165, 1.54) is 0 Å². The first-order valence-corrected chi connectivity index (χ1v) is 8.06. The zero-order chi connectivity index (χ0) is 13.0. The zero-order valence-corrected chi connectivity index (χ0v) is 13.1. The lowest BCUT2D eigenvalue weighted by Crippen LogP contribution is -2.42. The van der Waals surface area contributed by atoms with Crippen molar-refractivity contribution in [2.75, 3.05) is 24.6 Å². The van der Waals surface area contributed by atoms with E-state index in [2.05, 4.69) is 25.8 Å². The molecule has 0 spiro atoms. The number of guanidine groups is 1. The Morgan fingerprint density at radius 2 is 2.17 bits per heavy atom. The minimum Gasteiger partial charge on any atom is -0.370 e. The Morgan fingerprint density at radius 1 is 1.44 bits per heavy atom. The van der Waals surface area contributed by atoms with Gasteiger partial charge in [0.05, 0.1) is 6.54 Å². The van der Waals surface area contributed by atoms with Crippen LogP contribution >= 0.6 is 39.3 Å². The van der Waals surface area contributed by atoms with Crippen LogP contribution in [0.25, 0.3) is 0 Å². The lowest BCUT2D eigenvalue weighted by atomic mass is 10.2. The third-order valence-corrected chi connectivity index (χ3v) is 4.55. The first kappa shape index (κ1) is 14.0. The minimum atomic E-state index is 0.529. The highest BCUT2D eigenvalue weighted by Gasteiger charge is 2.12. The van der Waals surface area contributed by atoms with Crippen molar-refractivity contribution in [2.24, 2.45) is 10.7 Å². The summed E-state index contributed by atoms with van der Waals surface area (Å²) in [6, 6.07) is 5.81. The molecule has 1 aliphatic heterocycles. The monoisotopic (exact) mass is 347 g/mol. The minimum absolute atomic E-state index is 0.529. The standard InChI is InChI=1S/C12H15BrClN3S/c13-10-2-1-9(11(14)7-10)8-16-12(15)17-3-5-18-6-4-17/h1-2,7H,3-6,8H2,(H2,15,16). The fraction of sp³-hybridized carbons (Fsp3) is 0.417. The highest BCUT2D eigenvalue weighted by molar-refractivity contribution is 9.10. The van der Waals surface area contributed by atoms with Crippen LogP contribution < -0.4 is 5.73 Å². The molecule has 1 heterocycles. The molecule has 2 N–H and O–H groups in total. The van der Waals surface area contributed by atoms with Crippen LogP contribution in [0.4, 0.5) is 0 Å². The molecule has 0 amide bonds. The van der Waals surface area contributed by atoms with Crippen molar-refractivity contribution in [2.45, 2.75) is 6.54 Å². The van der Waals surface area contributed by atoms with Crippen molar-refractivity contribution in [3.63, 3.8) is 0 Å². The first-order chi connectivity index (χ1) is 8.66. The summed E-state index contributed by atoms with van der Waals surface area (Å²) in [6.45, 7) is 2.49. The van der Waals surface area contributed by atoms with Crippen LogP contribution in [0.5, 0.6) is 0 Å². The molecule has 6 heteroatoms. The maximum atomic E-state index is 6.14. The molecule has 0 atom stereocenters. The molecule has 1 saturated heterocycles. The topological polar surface area (TPSA) is 41.6 Å². The van der Waals surface area contributed by atoms with Gasteiger partial charge in [-0.05, 0) is 17.7 Å². The maximum Gasteiger partial charge on any atom is 0.191 e. The van der Waals surface area contributed by atoms with Crippen LogP contribution in [0.2, 0.25) is 5.02 Å². The summed E-state index contributed by atoms with van der Waals surface area (Å²) < 4.78 is 0.973. The van der Waals surface area contributed by atoms with Gasteiger partial charge in [-0.2, -0.15) is 11.8 Å². The molecule has 1 fully saturated rings. The summed E-state index contributed by atoms with van der Waals surface area (Å²) in [6.07, 6.45) is 0. The van der Waals surface area contributed by atoms with Crippen LogP contribution in [0.15, 0.2) is 27.7 Å². The second kappa shape index (κ2) is 6.68. The van der Waals surface area contributed by atoms with Crippen molar-refractivity contribution in [3.8, 4) is 0 Å². The largest absolute Gasteiger partial charge is 0.370 e. The normalized spacial score (nSPS) is 17.0. The van der Waals surface area contributed by atoms with E-state index >= 15 is 0 Å². The fourth-order valence-corrected chi connectivity index (χ4v) is 3.34. The van der Waals surface area contributed by atoms with Gasteiger partial charge in [0.1, 0.15) is 0 Å². The van der Waals surface area contributed by atoms with Crippen LogP contribution in [-0.2, 0) is 6.54 Å². The third kappa shape index (κ3) is 3.80. The molecular weight excluding hydrogens is 334 g/mol. The second-order valence-electron chi connectivity index (χ2n) is 4.01. The fourth-order valence-electron chi connectivity index (χ4n) is 1.71. The highest BCUT2D eigenvalue weighted by Crippen LogP contribution is 2.22. The number of hydrogen-bond acceptors (Lipinski definition) is 2. The summed E-state index contributed by atoms with van der Waals surface area (Å²) in [4.78, 5) is 6.55. The van der Waals surface area contributed by atoms with Gasteiger partial charge in [-0.25, -0.2) is 4.99 Å². The maximum absolute atomic E-state index is 6.14. The Labute approximate surface area is 125 Å². The Balaban J connectivity index is 2.00. The molecule has 0 radical (unpaired) electrons. The molecule has 0 bridgehead atoms. The molecule has 1 aromatic carbocycles. The number of halogens is 2. The van der Waals surface area contributed by atoms with Gasteiger partial charge < -0.3 is 10.6 Å². The lowest BCUT2D eigenvalue weighted by Gasteiger charge is -2.27. The van der Waals surface area contributed by atoms with E-state index in [1.807, 2.05) is 30.0 Å². The van der Waals surface area contributed by atoms with Gasteiger partial charge >= 0.3 is 0 Å². The predicted octanol–water partition coefficient (Wildman–Crippen LogP) is 2.97. The first-order valence-electron chi connectivity index (χ1n) is 5.73. The van der Waals surface area contributed by atoms with Gasteiger partial charge in [0.25, 0.3) is 0 Å². The molecule has 98 valence electrons. The van der Waals surface area contributed by atoms with Crippen molar-refractivity contribution < 1.29 is 0 Å². The smallest absolute Gasteiger partial charge is 0.191 e. The zero-order valence-electron chi connectivity index (χ0n) is 9.90. The second-order valence-corrected chi connectivity index (χ2v) is 6.56. The summed E-state index contributed by atoms with van der Waals surface area (Å²) in [5.41, 5.74) is 6.99. The van der Waals surface area contributed by atoms with Gasteiger partial charge in [0, 0.05) is 34.1 Å². The van der Waals surface area contributed by atoms with E-state index in [1.54, 1.807) is 0 Å². The van der Waals surface area contributed by atoms with Crippen LogP contribution in [0.3, 0.4) is 0 Å². The van der Waals surface area contributed by atoms with Crippen LogP contribution in [0, 0.1) is 0 Å². The average Bonchev–Trinajstić information content (AvgIpc) is 2.38. The van der Waals surface area contributed by atoms with Crippen molar-refractivity contribution in [1.82, 2.24) is 4.90 Å². The molecule has 2 rings (SSSR count). The molecule has 0 unspecified atom stereocenters. The van der Waals surface area contributed by atoms with E-state index in [4.69, 9.17) is 17.3 Å². The van der Waals surface area contributed by atoms with E-state index < -0.39 is 0 Å². The van der Waals surface area contributed by atoms with E-state index in [9.17, 15) is 0 Å². The average molecular weight is 349 g/mol. The van der Waals surface area contributed by atoms with Crippen molar-refractivity contribution in [3.05, 3.63) is 33.3 Å². The van der Waals surface area contributed by atoms with Gasteiger partial charge in [-0.3, -0.25) is 0 Å². The van der Waals surface area contributed by atoms with Crippen LogP contribution in [0.1, 0.15) is 5.56 Å². The molecule has 0 aliphatic carbocycles. The van der Waals surface area contributed by atoms with E-state index in [0.717, 1.165) is 39.7 Å². The molecule has 3 nitrogen and oxygen atoms in total. The quantitative estimate of drug-likeness (QED) is 0.660. The molecule has 0 saturated carbocycles. The molecule has 18 heavy (non-hydrogen) atoms. The van der Waals surface area contributed by atoms with Crippen LogP contribution in [-0.4, -0.2) is 35.5 Å². The van der Waals surface area contributed by atoms with Gasteiger partial charge in [-0.15, -0.1) is 0 Å². The highest BCUT2D eigenvalue weighted by atomic mass is 79.9. The summed E-state index contributed by atoms with van der Waals surface area (Å²) >= 11 is 11.5. The van der Waals surface area contributed by atoms with E-state index in [-0.39, 0.29) is 0 Å². The predicted molar refractivity (Wildman–Crippen MR) is 83.4 cm³/mol. The Bertz CT molecular complexity index is 447. The molecule has 1 aromatic rings. The summed E-state index contributed by atoms with van der Waals surface area (Å²) in [5.74, 6) is 2.86. The van der Waals surface area contributed by atoms with E-state index in [0.29, 0.717) is 12.5 Å². The number of aliphatic imine (C=N–C) groups is 1. The molecular formula is C12H15BrClN3S. The number of thioether (sulfide) groups is 1. The molecule has 0 aromatic heterocycles. The number of rotatable bonds is 2. The SMILES string of the molecule is NC(=NCc1ccc(Br)cc1Cl)N1CCSCC1. The van der Waals surface area contributed by atoms with Gasteiger partial charge in [-0.1, -0.05) is 33.6 Å². The third-order valence-electron chi connectivity index (χ3n) is 2.76. The number of hydrogen-bond donors (Lipinski definition) is 1.